The Balaban J connectivity index is 1.51. The van der Waals surface area contributed by atoms with E-state index in [9.17, 15) is 0 Å². The fraction of sp³-hybridized carbons (Fsp3) is 0.389. The Morgan fingerprint density at radius 3 is 2.68 bits per heavy atom. The van der Waals surface area contributed by atoms with Crippen LogP contribution in [0.2, 0.25) is 0 Å². The minimum Gasteiger partial charge on any atom is -0.463 e. The quantitative estimate of drug-likeness (QED) is 0.712. The molecule has 3 heterocycles. The number of quaternary nitrogens is 1. The molecular formula is C18H23N6O+. The Hall–Kier alpha value is -2.67. The normalized spacial score (nSPS) is 16.6. The van der Waals surface area contributed by atoms with Gasteiger partial charge in [-0.05, 0) is 54.0 Å². The molecule has 1 atom stereocenters. The molecular weight excluding hydrogens is 316 g/mol. The van der Waals surface area contributed by atoms with E-state index >= 15 is 0 Å². The monoisotopic (exact) mass is 339 g/mol. The number of furan rings is 1. The minimum absolute atomic E-state index is 0.260. The summed E-state index contributed by atoms with van der Waals surface area (Å²) in [6.07, 6.45) is 5.62. The van der Waals surface area contributed by atoms with Crippen LogP contribution in [0.5, 0.6) is 0 Å². The third kappa shape index (κ3) is 3.56. The first-order valence-electron chi connectivity index (χ1n) is 8.87. The summed E-state index contributed by atoms with van der Waals surface area (Å²) < 4.78 is 7.44. The Morgan fingerprint density at radius 2 is 1.92 bits per heavy atom. The van der Waals surface area contributed by atoms with E-state index in [4.69, 9.17) is 4.42 Å². The maximum absolute atomic E-state index is 5.71. The van der Waals surface area contributed by atoms with Crippen molar-refractivity contribution in [1.82, 2.24) is 20.2 Å². The predicted molar refractivity (Wildman–Crippen MR) is 93.6 cm³/mol. The molecule has 0 amide bonds. The van der Waals surface area contributed by atoms with Gasteiger partial charge in [0.15, 0.2) is 11.8 Å². The zero-order valence-electron chi connectivity index (χ0n) is 14.1. The van der Waals surface area contributed by atoms with Crippen LogP contribution in [0.1, 0.15) is 31.1 Å². The third-order valence-corrected chi connectivity index (χ3v) is 4.81. The Morgan fingerprint density at radius 1 is 1.08 bits per heavy atom. The second-order valence-electron chi connectivity index (χ2n) is 6.42. The number of piperidine rings is 1. The van der Waals surface area contributed by atoms with Crippen LogP contribution in [0, 0.1) is 0 Å². The lowest BCUT2D eigenvalue weighted by molar-refractivity contribution is -0.935. The van der Waals surface area contributed by atoms with Gasteiger partial charge in [-0.15, -0.1) is 0 Å². The summed E-state index contributed by atoms with van der Waals surface area (Å²) in [5, 5.41) is 15.5. The van der Waals surface area contributed by atoms with E-state index in [-0.39, 0.29) is 6.04 Å². The maximum Gasteiger partial charge on any atom is 0.247 e. The lowest BCUT2D eigenvalue weighted by Gasteiger charge is -2.30. The van der Waals surface area contributed by atoms with Crippen molar-refractivity contribution in [3.05, 3.63) is 54.5 Å². The zero-order chi connectivity index (χ0) is 16.9. The number of nitrogens with one attached hydrogen (secondary N) is 2. The molecule has 2 N–H and O–H groups in total. The average Bonchev–Trinajstić information content (AvgIpc) is 3.36. The summed E-state index contributed by atoms with van der Waals surface area (Å²) in [4.78, 5) is 1.56. The highest BCUT2D eigenvalue weighted by Crippen LogP contribution is 2.15. The van der Waals surface area contributed by atoms with Gasteiger partial charge in [0.2, 0.25) is 5.95 Å². The van der Waals surface area contributed by atoms with Gasteiger partial charge in [-0.1, -0.05) is 23.3 Å². The van der Waals surface area contributed by atoms with Gasteiger partial charge < -0.3 is 14.6 Å². The van der Waals surface area contributed by atoms with Crippen molar-refractivity contribution in [2.75, 3.05) is 25.0 Å². The second-order valence-corrected chi connectivity index (χ2v) is 6.42. The Bertz CT molecular complexity index is 764. The summed E-state index contributed by atoms with van der Waals surface area (Å²) in [6.45, 7) is 3.09. The summed E-state index contributed by atoms with van der Waals surface area (Å²) in [5.74, 6) is 1.67. The molecule has 2 aromatic heterocycles. The molecule has 1 fully saturated rings. The molecule has 1 saturated heterocycles. The van der Waals surface area contributed by atoms with Gasteiger partial charge in [-0.25, -0.2) is 0 Å². The first kappa shape index (κ1) is 15.8. The van der Waals surface area contributed by atoms with E-state index in [1.165, 1.54) is 32.4 Å². The average molecular weight is 339 g/mol. The van der Waals surface area contributed by atoms with Crippen molar-refractivity contribution in [2.45, 2.75) is 25.3 Å². The zero-order valence-corrected chi connectivity index (χ0v) is 14.1. The molecule has 0 aliphatic carbocycles. The van der Waals surface area contributed by atoms with Crippen LogP contribution in [0.25, 0.3) is 5.69 Å². The molecule has 3 aromatic rings. The van der Waals surface area contributed by atoms with Crippen molar-refractivity contribution < 1.29 is 9.32 Å². The van der Waals surface area contributed by atoms with Crippen molar-refractivity contribution >= 4 is 5.95 Å². The summed E-state index contributed by atoms with van der Waals surface area (Å²) >= 11 is 0. The van der Waals surface area contributed by atoms with E-state index in [0.29, 0.717) is 5.95 Å². The smallest absolute Gasteiger partial charge is 0.247 e. The van der Waals surface area contributed by atoms with Crippen LogP contribution in [0.15, 0.2) is 53.1 Å². The molecule has 0 spiro atoms. The largest absolute Gasteiger partial charge is 0.463 e. The van der Waals surface area contributed by atoms with Gasteiger partial charge in [0.05, 0.1) is 31.6 Å². The topological polar surface area (TPSA) is 73.2 Å². The highest BCUT2D eigenvalue weighted by atomic mass is 16.3. The molecule has 1 aliphatic rings. The molecule has 4 rings (SSSR count). The number of tetrazole rings is 1. The number of rotatable bonds is 6. The maximum atomic E-state index is 5.71. The van der Waals surface area contributed by atoms with Crippen molar-refractivity contribution in [2.24, 2.45) is 0 Å². The number of para-hydroxylation sites is 1. The van der Waals surface area contributed by atoms with Gasteiger partial charge in [0, 0.05) is 0 Å². The highest BCUT2D eigenvalue weighted by molar-refractivity contribution is 5.38. The van der Waals surface area contributed by atoms with E-state index in [1.54, 1.807) is 15.8 Å². The second kappa shape index (κ2) is 7.48. The van der Waals surface area contributed by atoms with Crippen LogP contribution in [0.3, 0.4) is 0 Å². The molecule has 1 aromatic carbocycles. The molecule has 7 nitrogen and oxygen atoms in total. The highest BCUT2D eigenvalue weighted by Gasteiger charge is 2.28. The predicted octanol–water partition coefficient (Wildman–Crippen LogP) is 1.48. The minimum atomic E-state index is 0.260. The summed E-state index contributed by atoms with van der Waals surface area (Å²) in [7, 11) is 0. The van der Waals surface area contributed by atoms with Crippen LogP contribution in [-0.4, -0.2) is 39.8 Å². The first-order valence-corrected chi connectivity index (χ1v) is 8.87. The van der Waals surface area contributed by atoms with Crippen molar-refractivity contribution in [1.29, 1.82) is 0 Å². The van der Waals surface area contributed by atoms with E-state index in [0.717, 1.165) is 18.0 Å². The molecule has 7 heteroatoms. The molecule has 0 radical (unpaired) electrons. The van der Waals surface area contributed by atoms with E-state index in [2.05, 4.69) is 26.9 Å². The third-order valence-electron chi connectivity index (χ3n) is 4.81. The molecule has 25 heavy (non-hydrogen) atoms. The number of likely N-dealkylation sites (tertiary alicyclic amines) is 1. The van der Waals surface area contributed by atoms with Gasteiger partial charge in [-0.3, -0.25) is 0 Å². The van der Waals surface area contributed by atoms with Gasteiger partial charge >= 0.3 is 0 Å². The lowest BCUT2D eigenvalue weighted by atomic mass is 10.1. The number of anilines is 1. The number of nitrogens with zero attached hydrogens (tertiary/aromatic N) is 4. The van der Waals surface area contributed by atoms with Gasteiger partial charge in [-0.2, -0.15) is 4.68 Å². The number of hydrogen-bond acceptors (Lipinski definition) is 5. The first-order chi connectivity index (χ1) is 12.4. The van der Waals surface area contributed by atoms with Crippen molar-refractivity contribution in [3.8, 4) is 5.69 Å². The number of hydrogen-bond donors (Lipinski definition) is 2. The van der Waals surface area contributed by atoms with Gasteiger partial charge in [0.25, 0.3) is 0 Å². The summed E-state index contributed by atoms with van der Waals surface area (Å²) in [6, 6.07) is 14.2. The van der Waals surface area contributed by atoms with Crippen LogP contribution in [0.4, 0.5) is 5.95 Å². The van der Waals surface area contributed by atoms with Gasteiger partial charge in [0.1, 0.15) is 0 Å². The van der Waals surface area contributed by atoms with Crippen LogP contribution >= 0.6 is 0 Å². The van der Waals surface area contributed by atoms with E-state index in [1.807, 2.05) is 36.4 Å². The Kier molecular flexibility index (Phi) is 4.74. The van der Waals surface area contributed by atoms with Crippen molar-refractivity contribution in [3.63, 3.8) is 0 Å². The van der Waals surface area contributed by atoms with Crippen LogP contribution in [-0.2, 0) is 0 Å². The van der Waals surface area contributed by atoms with E-state index < -0.39 is 0 Å². The Labute approximate surface area is 146 Å². The molecule has 1 aliphatic heterocycles. The fourth-order valence-corrected chi connectivity index (χ4v) is 3.52. The number of aromatic nitrogens is 4. The number of benzene rings is 1. The lowest BCUT2D eigenvalue weighted by Crippen LogP contribution is -3.13. The van der Waals surface area contributed by atoms with Crippen LogP contribution < -0.4 is 10.2 Å². The molecule has 0 saturated carbocycles. The molecule has 130 valence electrons. The fourth-order valence-electron chi connectivity index (χ4n) is 3.52. The molecule has 0 unspecified atom stereocenters. The SMILES string of the molecule is c1ccc(-n2nnnc2NC[C@H](c2ccco2)[NH+]2CCCCC2)cc1. The standard InChI is InChI=1S/C18H22N6O/c1-3-8-15(9-4-1)24-18(20-21-22-24)19-14-16(17-10-7-13-25-17)23-11-5-2-6-12-23/h1,3-4,7-10,13,16H,2,5-6,11-12,14H2,(H,19,20,22)/p+1/t16-/m1/s1. The molecule has 0 bridgehead atoms. The summed E-state index contributed by atoms with van der Waals surface area (Å²) in [5.41, 5.74) is 0.940.